The summed E-state index contributed by atoms with van der Waals surface area (Å²) in [5, 5.41) is 10.7. The molecule has 6 heteroatoms. The number of nitrogens with zero attached hydrogens (tertiary/aromatic N) is 3. The van der Waals surface area contributed by atoms with E-state index in [2.05, 4.69) is 41.0 Å². The molecule has 3 rings (SSSR count). The number of aliphatic hydroxyl groups is 1. The second kappa shape index (κ2) is 7.29. The molecule has 0 aliphatic carbocycles. The quantitative estimate of drug-likeness (QED) is 0.883. The molecule has 0 aromatic heterocycles. The fraction of sp³-hybridized carbons (Fsp3) is 0.588. The maximum absolute atomic E-state index is 12.0. The molecule has 2 heterocycles. The third-order valence-corrected chi connectivity index (χ3v) is 4.46. The molecular formula is C17H25N3O3. The number of aryl methyl sites for hydroxylation is 1. The van der Waals surface area contributed by atoms with E-state index in [4.69, 9.17) is 4.84 Å². The van der Waals surface area contributed by atoms with E-state index in [-0.39, 0.29) is 12.5 Å². The fourth-order valence-corrected chi connectivity index (χ4v) is 3.08. The molecule has 126 valence electrons. The summed E-state index contributed by atoms with van der Waals surface area (Å²) in [6.07, 6.45) is -0.103. The Hall–Kier alpha value is -1.63. The number of rotatable bonds is 4. The van der Waals surface area contributed by atoms with Crippen molar-refractivity contribution in [2.75, 3.05) is 50.8 Å². The van der Waals surface area contributed by atoms with Crippen molar-refractivity contribution in [2.45, 2.75) is 19.4 Å². The largest absolute Gasteiger partial charge is 0.389 e. The summed E-state index contributed by atoms with van der Waals surface area (Å²) >= 11 is 0. The van der Waals surface area contributed by atoms with Crippen LogP contribution in [-0.2, 0) is 9.63 Å². The van der Waals surface area contributed by atoms with Gasteiger partial charge in [-0.05, 0) is 24.6 Å². The standard InChI is InChI=1S/C17H25N3O3/c1-14-3-2-4-15(11-14)19-9-7-18(8-10-19)6-5-17(22)20-12-16(21)13-23-20/h2-4,11,16,21H,5-10,12-13H2,1H3/t16-/m1/s1. The molecule has 0 spiro atoms. The van der Waals surface area contributed by atoms with Crippen LogP contribution in [0.15, 0.2) is 24.3 Å². The Morgan fingerprint density at radius 2 is 2.09 bits per heavy atom. The van der Waals surface area contributed by atoms with E-state index < -0.39 is 6.10 Å². The molecule has 0 bridgehead atoms. The highest BCUT2D eigenvalue weighted by atomic mass is 16.7. The minimum Gasteiger partial charge on any atom is -0.389 e. The lowest BCUT2D eigenvalue weighted by Gasteiger charge is -2.36. The fourth-order valence-electron chi connectivity index (χ4n) is 3.08. The average molecular weight is 319 g/mol. The van der Waals surface area contributed by atoms with Gasteiger partial charge in [-0.1, -0.05) is 12.1 Å². The second-order valence-corrected chi connectivity index (χ2v) is 6.32. The first-order valence-corrected chi connectivity index (χ1v) is 8.27. The number of hydrogen-bond donors (Lipinski definition) is 1. The van der Waals surface area contributed by atoms with Gasteiger partial charge in [-0.25, -0.2) is 5.06 Å². The summed E-state index contributed by atoms with van der Waals surface area (Å²) in [7, 11) is 0. The van der Waals surface area contributed by atoms with Crippen LogP contribution in [0.1, 0.15) is 12.0 Å². The van der Waals surface area contributed by atoms with Crippen molar-refractivity contribution in [1.82, 2.24) is 9.96 Å². The number of hydroxylamine groups is 2. The van der Waals surface area contributed by atoms with Crippen molar-refractivity contribution in [3.63, 3.8) is 0 Å². The van der Waals surface area contributed by atoms with Crippen molar-refractivity contribution >= 4 is 11.6 Å². The lowest BCUT2D eigenvalue weighted by atomic mass is 10.2. The van der Waals surface area contributed by atoms with Gasteiger partial charge in [-0.3, -0.25) is 14.5 Å². The number of anilines is 1. The Bertz CT molecular complexity index is 544. The zero-order chi connectivity index (χ0) is 16.2. The molecular weight excluding hydrogens is 294 g/mol. The van der Waals surface area contributed by atoms with Crippen LogP contribution < -0.4 is 4.90 Å². The predicted molar refractivity (Wildman–Crippen MR) is 88.1 cm³/mol. The molecule has 2 aliphatic rings. The molecule has 1 N–H and O–H groups in total. The van der Waals surface area contributed by atoms with E-state index in [9.17, 15) is 9.90 Å². The number of carbonyl (C=O) groups excluding carboxylic acids is 1. The molecule has 2 saturated heterocycles. The van der Waals surface area contributed by atoms with E-state index in [0.29, 0.717) is 13.0 Å². The van der Waals surface area contributed by atoms with Gasteiger partial charge in [-0.2, -0.15) is 0 Å². The van der Waals surface area contributed by atoms with Gasteiger partial charge < -0.3 is 10.0 Å². The van der Waals surface area contributed by atoms with Crippen LogP contribution in [0.5, 0.6) is 0 Å². The zero-order valence-corrected chi connectivity index (χ0v) is 13.6. The summed E-state index contributed by atoms with van der Waals surface area (Å²) in [4.78, 5) is 21.9. The summed E-state index contributed by atoms with van der Waals surface area (Å²) in [6, 6.07) is 8.58. The van der Waals surface area contributed by atoms with Crippen molar-refractivity contribution in [3.05, 3.63) is 29.8 Å². The molecule has 0 radical (unpaired) electrons. The smallest absolute Gasteiger partial charge is 0.247 e. The van der Waals surface area contributed by atoms with E-state index in [1.54, 1.807) is 0 Å². The van der Waals surface area contributed by atoms with Crippen molar-refractivity contribution < 1.29 is 14.7 Å². The minimum atomic E-state index is -0.545. The molecule has 2 aliphatic heterocycles. The van der Waals surface area contributed by atoms with Gasteiger partial charge in [0.2, 0.25) is 5.91 Å². The molecule has 2 fully saturated rings. The minimum absolute atomic E-state index is 0.0392. The summed E-state index contributed by atoms with van der Waals surface area (Å²) in [5.41, 5.74) is 2.56. The number of benzene rings is 1. The normalized spacial score (nSPS) is 22.6. The number of aliphatic hydroxyl groups excluding tert-OH is 1. The first-order chi connectivity index (χ1) is 11.1. The van der Waals surface area contributed by atoms with Crippen LogP contribution >= 0.6 is 0 Å². The Kier molecular flexibility index (Phi) is 5.15. The Morgan fingerprint density at radius 3 is 2.74 bits per heavy atom. The number of β-amino-alcohol motifs (C(OH)–C–C–N with tert-alkyl or cyclic N) is 1. The second-order valence-electron chi connectivity index (χ2n) is 6.32. The molecule has 1 atom stereocenters. The monoisotopic (exact) mass is 319 g/mol. The predicted octanol–water partition coefficient (Wildman–Crippen LogP) is 0.642. The third kappa shape index (κ3) is 4.22. The number of piperazine rings is 1. The highest BCUT2D eigenvalue weighted by Gasteiger charge is 2.26. The van der Waals surface area contributed by atoms with Crippen LogP contribution in [0.4, 0.5) is 5.69 Å². The van der Waals surface area contributed by atoms with Gasteiger partial charge in [0.1, 0.15) is 6.61 Å². The van der Waals surface area contributed by atoms with Crippen LogP contribution in [0.25, 0.3) is 0 Å². The Balaban J connectivity index is 1.42. The van der Waals surface area contributed by atoms with Gasteiger partial charge >= 0.3 is 0 Å². The van der Waals surface area contributed by atoms with Crippen LogP contribution in [0.3, 0.4) is 0 Å². The lowest BCUT2D eigenvalue weighted by molar-refractivity contribution is -0.169. The topological polar surface area (TPSA) is 56.2 Å². The maximum atomic E-state index is 12.0. The molecule has 6 nitrogen and oxygen atoms in total. The number of amides is 1. The Labute approximate surface area is 137 Å². The molecule has 1 aromatic rings. The van der Waals surface area contributed by atoms with E-state index in [1.165, 1.54) is 16.3 Å². The van der Waals surface area contributed by atoms with Crippen molar-refractivity contribution in [2.24, 2.45) is 0 Å². The van der Waals surface area contributed by atoms with Gasteiger partial charge in [-0.15, -0.1) is 0 Å². The molecule has 0 unspecified atom stereocenters. The highest BCUT2D eigenvalue weighted by molar-refractivity contribution is 5.75. The molecule has 1 aromatic carbocycles. The van der Waals surface area contributed by atoms with Gasteiger partial charge in [0.25, 0.3) is 0 Å². The average Bonchev–Trinajstić information content (AvgIpc) is 3.00. The summed E-state index contributed by atoms with van der Waals surface area (Å²) in [6.45, 7) is 7.27. The molecule has 1 amide bonds. The van der Waals surface area contributed by atoms with Gasteiger partial charge in [0.05, 0.1) is 12.6 Å². The van der Waals surface area contributed by atoms with Gasteiger partial charge in [0.15, 0.2) is 0 Å². The van der Waals surface area contributed by atoms with E-state index in [1.807, 2.05) is 0 Å². The first-order valence-electron chi connectivity index (χ1n) is 8.27. The highest BCUT2D eigenvalue weighted by Crippen LogP contribution is 2.18. The van der Waals surface area contributed by atoms with Crippen molar-refractivity contribution in [1.29, 1.82) is 0 Å². The van der Waals surface area contributed by atoms with E-state index in [0.717, 1.165) is 32.7 Å². The number of carbonyl (C=O) groups is 1. The lowest BCUT2D eigenvalue weighted by Crippen LogP contribution is -2.47. The van der Waals surface area contributed by atoms with Crippen LogP contribution in [-0.4, -0.2) is 73.0 Å². The van der Waals surface area contributed by atoms with Crippen LogP contribution in [0, 0.1) is 6.92 Å². The Morgan fingerprint density at radius 1 is 1.30 bits per heavy atom. The SMILES string of the molecule is Cc1cccc(N2CCN(CCC(=O)N3C[C@@H](O)CO3)CC2)c1. The first kappa shape index (κ1) is 16.2. The van der Waals surface area contributed by atoms with Crippen LogP contribution in [0.2, 0.25) is 0 Å². The third-order valence-electron chi connectivity index (χ3n) is 4.46. The zero-order valence-electron chi connectivity index (χ0n) is 13.6. The maximum Gasteiger partial charge on any atom is 0.247 e. The van der Waals surface area contributed by atoms with E-state index >= 15 is 0 Å². The number of hydrogen-bond acceptors (Lipinski definition) is 5. The summed E-state index contributed by atoms with van der Waals surface area (Å²) < 4.78 is 0. The van der Waals surface area contributed by atoms with Crippen molar-refractivity contribution in [3.8, 4) is 0 Å². The van der Waals surface area contributed by atoms with Gasteiger partial charge in [0, 0.05) is 44.8 Å². The summed E-state index contributed by atoms with van der Waals surface area (Å²) in [5.74, 6) is -0.0392. The molecule has 0 saturated carbocycles. The molecule has 23 heavy (non-hydrogen) atoms.